The number of nitrogens with zero attached hydrogens (tertiary/aromatic N) is 1. The molecule has 0 aromatic heterocycles. The van der Waals surface area contributed by atoms with E-state index in [0.717, 1.165) is 5.56 Å². The molecule has 2 amide bonds. The number of halogens is 1. The number of hydrogen-bond acceptors (Lipinski definition) is 3. The van der Waals surface area contributed by atoms with Crippen LogP contribution in [-0.2, 0) is 16.1 Å². The molecular weight excluding hydrogens is 251 g/mol. The molecule has 0 aliphatic carbocycles. The van der Waals surface area contributed by atoms with Crippen LogP contribution in [0.5, 0.6) is 0 Å². The minimum absolute atomic E-state index is 0.0630. The number of carbonyl (C=O) groups is 2. The van der Waals surface area contributed by atoms with Gasteiger partial charge in [-0.3, -0.25) is 14.5 Å². The summed E-state index contributed by atoms with van der Waals surface area (Å²) >= 11 is 0. The van der Waals surface area contributed by atoms with Crippen LogP contribution in [0.25, 0.3) is 0 Å². The van der Waals surface area contributed by atoms with E-state index in [9.17, 15) is 19.1 Å². The predicted molar refractivity (Wildman–Crippen MR) is 65.3 cm³/mol. The van der Waals surface area contributed by atoms with Gasteiger partial charge in [-0.15, -0.1) is 0 Å². The number of aliphatic hydroxyl groups excluding tert-OH is 1. The van der Waals surface area contributed by atoms with Crippen LogP contribution in [0.3, 0.4) is 0 Å². The van der Waals surface area contributed by atoms with Crippen molar-refractivity contribution in [1.29, 1.82) is 0 Å². The molecule has 0 radical (unpaired) electrons. The molecule has 1 heterocycles. The monoisotopic (exact) mass is 266 g/mol. The van der Waals surface area contributed by atoms with Crippen molar-refractivity contribution in [1.82, 2.24) is 10.2 Å². The molecule has 1 aromatic carbocycles. The average Bonchev–Trinajstić information content (AvgIpc) is 2.76. The van der Waals surface area contributed by atoms with E-state index in [4.69, 9.17) is 0 Å². The maximum atomic E-state index is 13.8. The number of nitrogens with one attached hydrogen (secondary N) is 1. The van der Waals surface area contributed by atoms with Crippen molar-refractivity contribution in [3.8, 4) is 0 Å². The van der Waals surface area contributed by atoms with Crippen molar-refractivity contribution in [2.75, 3.05) is 0 Å². The Morgan fingerprint density at radius 2 is 2.16 bits per heavy atom. The highest BCUT2D eigenvalue weighted by atomic mass is 19.1. The smallest absolute Gasteiger partial charge is 0.276 e. The Kier molecular flexibility index (Phi) is 4.11. The average molecular weight is 266 g/mol. The lowest BCUT2D eigenvalue weighted by molar-refractivity contribution is -0.153. The van der Waals surface area contributed by atoms with E-state index in [2.05, 4.69) is 5.32 Å². The SMILES string of the molecule is O=C(NCc1ccccc1)C(F)N1C(=O)CCC1O. The Balaban J connectivity index is 1.91. The zero-order valence-corrected chi connectivity index (χ0v) is 10.3. The minimum atomic E-state index is -2.14. The van der Waals surface area contributed by atoms with E-state index in [0.29, 0.717) is 4.90 Å². The predicted octanol–water partition coefficient (Wildman–Crippen LogP) is 0.539. The van der Waals surface area contributed by atoms with Gasteiger partial charge in [0.1, 0.15) is 6.23 Å². The molecule has 6 heteroatoms. The highest BCUT2D eigenvalue weighted by Gasteiger charge is 2.38. The van der Waals surface area contributed by atoms with E-state index in [1.165, 1.54) is 0 Å². The van der Waals surface area contributed by atoms with Crippen molar-refractivity contribution in [3.63, 3.8) is 0 Å². The number of carbonyl (C=O) groups excluding carboxylic acids is 2. The van der Waals surface area contributed by atoms with Gasteiger partial charge >= 0.3 is 0 Å². The summed E-state index contributed by atoms with van der Waals surface area (Å²) in [6.07, 6.45) is -3.14. The maximum Gasteiger partial charge on any atom is 0.276 e. The lowest BCUT2D eigenvalue weighted by atomic mass is 10.2. The van der Waals surface area contributed by atoms with Crippen LogP contribution in [0, 0.1) is 0 Å². The standard InChI is InChI=1S/C13H15FN2O3/c14-12(16-10(17)6-7-11(16)18)13(19)15-8-9-4-2-1-3-5-9/h1-5,10,12,17H,6-8H2,(H,15,19). The van der Waals surface area contributed by atoms with Crippen LogP contribution in [0.2, 0.25) is 0 Å². The Hall–Kier alpha value is -1.95. The Morgan fingerprint density at radius 1 is 1.47 bits per heavy atom. The van der Waals surface area contributed by atoms with E-state index in [1.54, 1.807) is 12.1 Å². The number of alkyl halides is 1. The molecule has 2 atom stereocenters. The van der Waals surface area contributed by atoms with Crippen molar-refractivity contribution in [2.24, 2.45) is 0 Å². The normalized spacial score (nSPS) is 20.4. The Labute approximate surface area is 110 Å². The van der Waals surface area contributed by atoms with Gasteiger partial charge in [0.05, 0.1) is 0 Å². The first-order valence-electron chi connectivity index (χ1n) is 6.04. The fourth-order valence-corrected chi connectivity index (χ4v) is 1.96. The second-order valence-electron chi connectivity index (χ2n) is 4.36. The third-order valence-corrected chi connectivity index (χ3v) is 3.00. The topological polar surface area (TPSA) is 69.6 Å². The number of amides is 2. The molecule has 2 rings (SSSR count). The van der Waals surface area contributed by atoms with Crippen molar-refractivity contribution in [2.45, 2.75) is 31.9 Å². The zero-order valence-electron chi connectivity index (χ0n) is 10.3. The van der Waals surface area contributed by atoms with Crippen molar-refractivity contribution in [3.05, 3.63) is 35.9 Å². The third kappa shape index (κ3) is 3.08. The number of hydrogen-bond donors (Lipinski definition) is 2. The van der Waals surface area contributed by atoms with Crippen LogP contribution in [0.15, 0.2) is 30.3 Å². The van der Waals surface area contributed by atoms with Gasteiger partial charge in [-0.25, -0.2) is 4.39 Å². The minimum Gasteiger partial charge on any atom is -0.373 e. The number of benzene rings is 1. The van der Waals surface area contributed by atoms with Crippen LogP contribution < -0.4 is 5.32 Å². The Bertz CT molecular complexity index is 466. The first-order valence-corrected chi connectivity index (χ1v) is 6.04. The van der Waals surface area contributed by atoms with E-state index in [-0.39, 0.29) is 19.4 Å². The highest BCUT2D eigenvalue weighted by Crippen LogP contribution is 2.20. The number of aliphatic hydroxyl groups is 1. The van der Waals surface area contributed by atoms with Crippen molar-refractivity contribution >= 4 is 11.8 Å². The van der Waals surface area contributed by atoms with Crippen LogP contribution in [0.1, 0.15) is 18.4 Å². The summed E-state index contributed by atoms with van der Waals surface area (Å²) in [6.45, 7) is 0.179. The van der Waals surface area contributed by atoms with Gasteiger partial charge in [-0.2, -0.15) is 0 Å². The van der Waals surface area contributed by atoms with Gasteiger partial charge < -0.3 is 10.4 Å². The van der Waals surface area contributed by atoms with Gasteiger partial charge in [0.15, 0.2) is 0 Å². The molecule has 1 aliphatic heterocycles. The molecular formula is C13H15FN2O3. The summed E-state index contributed by atoms with van der Waals surface area (Å²) in [7, 11) is 0. The molecule has 1 fully saturated rings. The zero-order chi connectivity index (χ0) is 13.8. The molecule has 0 spiro atoms. The summed E-state index contributed by atoms with van der Waals surface area (Å²) in [6, 6.07) is 9.04. The van der Waals surface area contributed by atoms with Crippen LogP contribution in [-0.4, -0.2) is 34.3 Å². The quantitative estimate of drug-likeness (QED) is 0.781. The van der Waals surface area contributed by atoms with E-state index >= 15 is 0 Å². The summed E-state index contributed by atoms with van der Waals surface area (Å²) in [5, 5.41) is 11.8. The third-order valence-electron chi connectivity index (χ3n) is 3.00. The Morgan fingerprint density at radius 3 is 2.74 bits per heavy atom. The summed E-state index contributed by atoms with van der Waals surface area (Å²) in [4.78, 5) is 23.5. The number of rotatable bonds is 4. The van der Waals surface area contributed by atoms with Gasteiger partial charge in [-0.05, 0) is 5.56 Å². The van der Waals surface area contributed by atoms with E-state index in [1.807, 2.05) is 18.2 Å². The second-order valence-corrected chi connectivity index (χ2v) is 4.36. The molecule has 1 aromatic rings. The number of likely N-dealkylation sites (tertiary alicyclic amines) is 1. The molecule has 1 saturated heterocycles. The maximum absolute atomic E-state index is 13.8. The lowest BCUT2D eigenvalue weighted by Crippen LogP contribution is -2.48. The lowest BCUT2D eigenvalue weighted by Gasteiger charge is -2.23. The molecule has 0 saturated carbocycles. The molecule has 5 nitrogen and oxygen atoms in total. The summed E-state index contributed by atoms with van der Waals surface area (Å²) in [5.74, 6) is -1.46. The van der Waals surface area contributed by atoms with E-state index < -0.39 is 24.3 Å². The van der Waals surface area contributed by atoms with Gasteiger partial charge in [0.2, 0.25) is 5.91 Å². The molecule has 102 valence electrons. The molecule has 2 N–H and O–H groups in total. The van der Waals surface area contributed by atoms with Gasteiger partial charge in [-0.1, -0.05) is 30.3 Å². The summed E-state index contributed by atoms with van der Waals surface area (Å²) < 4.78 is 13.8. The molecule has 19 heavy (non-hydrogen) atoms. The van der Waals surface area contributed by atoms with Crippen LogP contribution in [0.4, 0.5) is 4.39 Å². The molecule has 0 bridgehead atoms. The largest absolute Gasteiger partial charge is 0.373 e. The fourth-order valence-electron chi connectivity index (χ4n) is 1.96. The fraction of sp³-hybridized carbons (Fsp3) is 0.385. The van der Waals surface area contributed by atoms with Gasteiger partial charge in [0.25, 0.3) is 12.2 Å². The van der Waals surface area contributed by atoms with Gasteiger partial charge in [0, 0.05) is 19.4 Å². The first kappa shape index (κ1) is 13.5. The molecule has 1 aliphatic rings. The second kappa shape index (κ2) is 5.79. The highest BCUT2D eigenvalue weighted by molar-refractivity contribution is 5.87. The van der Waals surface area contributed by atoms with Crippen LogP contribution >= 0.6 is 0 Å². The molecule has 2 unspecified atom stereocenters. The summed E-state index contributed by atoms with van der Waals surface area (Å²) in [5.41, 5.74) is 0.830. The van der Waals surface area contributed by atoms with Crippen molar-refractivity contribution < 1.29 is 19.1 Å². The first-order chi connectivity index (χ1) is 9.09.